The van der Waals surface area contributed by atoms with E-state index in [4.69, 9.17) is 22.2 Å². The average Bonchev–Trinajstić information content (AvgIpc) is 1.97. The molecule has 0 unspecified atom stereocenters. The molecule has 0 atom stereocenters. The summed E-state index contributed by atoms with van der Waals surface area (Å²) in [5.74, 6) is -0.132. The van der Waals surface area contributed by atoms with E-state index >= 15 is 0 Å². The first-order valence-corrected chi connectivity index (χ1v) is 7.33. The van der Waals surface area contributed by atoms with Crippen molar-refractivity contribution in [1.29, 1.82) is 0 Å². The summed E-state index contributed by atoms with van der Waals surface area (Å²) in [5, 5.41) is 0. The van der Waals surface area contributed by atoms with Crippen LogP contribution in [0.3, 0.4) is 0 Å². The molecule has 0 amide bonds. The molecule has 0 aliphatic rings. The Bertz CT molecular complexity index is 184. The number of hydrogen-bond acceptors (Lipinski definition) is 0. The minimum Gasteiger partial charge on any atom is -0.207 e. The second-order valence-corrected chi connectivity index (χ2v) is 4.48. The highest BCUT2D eigenvalue weighted by atomic mass is 35.7. The third-order valence-electron chi connectivity index (χ3n) is 1.08. The van der Waals surface area contributed by atoms with Crippen molar-refractivity contribution in [3.05, 3.63) is 35.6 Å². The zero-order chi connectivity index (χ0) is 8.69. The Morgan fingerprint density at radius 3 is 2.00 bits per heavy atom. The van der Waals surface area contributed by atoms with Gasteiger partial charge in [0.2, 0.25) is 8.14 Å². The Kier molecular flexibility index (Phi) is 6.61. The van der Waals surface area contributed by atoms with Gasteiger partial charge >= 0.3 is 0 Å². The minimum absolute atomic E-state index is 0.132. The highest BCUT2D eigenvalue weighted by Gasteiger charge is 1.88. The smallest absolute Gasteiger partial charge is 0.207 e. The molecule has 62 valence electrons. The van der Waals surface area contributed by atoms with Crippen LogP contribution in [0.4, 0.5) is 4.39 Å². The molecule has 4 heteroatoms. The van der Waals surface area contributed by atoms with Crippen LogP contribution in [-0.4, -0.2) is 8.14 Å². The summed E-state index contributed by atoms with van der Waals surface area (Å²) in [4.78, 5) is 0. The van der Waals surface area contributed by atoms with Crippen LogP contribution in [0, 0.1) is 12.7 Å². The average molecular weight is 211 g/mol. The fourth-order valence-corrected chi connectivity index (χ4v) is 0.551. The Morgan fingerprint density at radius 1 is 1.27 bits per heavy atom. The van der Waals surface area contributed by atoms with Gasteiger partial charge in [0, 0.05) is 0 Å². The van der Waals surface area contributed by atoms with Crippen molar-refractivity contribution >= 4 is 30.3 Å². The lowest BCUT2D eigenvalue weighted by Gasteiger charge is -1.89. The van der Waals surface area contributed by atoms with Gasteiger partial charge in [0.1, 0.15) is 5.82 Å². The lowest BCUT2D eigenvalue weighted by molar-refractivity contribution is 0.618. The number of halogens is 3. The molecule has 0 spiro atoms. The molecule has 0 N–H and O–H groups in total. The highest BCUT2D eigenvalue weighted by Crippen LogP contribution is 2.01. The van der Waals surface area contributed by atoms with Gasteiger partial charge in [-0.15, -0.1) is 0 Å². The zero-order valence-corrected chi connectivity index (χ0v) is 9.08. The molecule has 1 aromatic rings. The number of rotatable bonds is 0. The van der Waals surface area contributed by atoms with Crippen LogP contribution < -0.4 is 0 Å². The summed E-state index contributed by atoms with van der Waals surface area (Å²) >= 11 is 9.81. The molecule has 0 fully saturated rings. The predicted octanol–water partition coefficient (Wildman–Crippen LogP) is 2.60. The maximum Gasteiger partial charge on any atom is 0.222 e. The summed E-state index contributed by atoms with van der Waals surface area (Å²) < 4.78 is 12.3. The third kappa shape index (κ3) is 5.24. The van der Waals surface area contributed by atoms with Crippen molar-refractivity contribution in [2.75, 3.05) is 0 Å². The van der Waals surface area contributed by atoms with Crippen molar-refractivity contribution in [3.63, 3.8) is 0 Å². The van der Waals surface area contributed by atoms with Gasteiger partial charge in [0.25, 0.3) is 0 Å². The quantitative estimate of drug-likeness (QED) is 0.457. The first-order valence-electron chi connectivity index (χ1n) is 3.05. The molecular weight excluding hydrogens is 202 g/mol. The molecule has 1 rings (SSSR count). The van der Waals surface area contributed by atoms with E-state index in [1.807, 2.05) is 6.07 Å². The second kappa shape index (κ2) is 6.64. The van der Waals surface area contributed by atoms with Crippen LogP contribution in [0.1, 0.15) is 5.56 Å². The van der Waals surface area contributed by atoms with E-state index in [9.17, 15) is 4.39 Å². The van der Waals surface area contributed by atoms with E-state index < -0.39 is 8.14 Å². The van der Waals surface area contributed by atoms with Crippen LogP contribution >= 0.6 is 22.2 Å². The molecule has 0 saturated carbocycles. The SMILES string of the molecule is Cc1ccccc1F.Cl[SiH2]Cl. The van der Waals surface area contributed by atoms with Crippen LogP contribution in [0.25, 0.3) is 0 Å². The number of hydrogen-bond donors (Lipinski definition) is 0. The first-order chi connectivity index (χ1) is 5.22. The summed E-state index contributed by atoms with van der Waals surface area (Å²) in [6.45, 7) is 1.75. The van der Waals surface area contributed by atoms with Crippen molar-refractivity contribution < 1.29 is 4.39 Å². The summed E-state index contributed by atoms with van der Waals surface area (Å²) in [6.07, 6.45) is 0. The molecule has 1 aromatic carbocycles. The Balaban J connectivity index is 0.000000292. The summed E-state index contributed by atoms with van der Waals surface area (Å²) in [7, 11) is -0.639. The Morgan fingerprint density at radius 2 is 1.73 bits per heavy atom. The fraction of sp³-hybridized carbons (Fsp3) is 0.143. The highest BCUT2D eigenvalue weighted by molar-refractivity contribution is 7.22. The van der Waals surface area contributed by atoms with Gasteiger partial charge in [-0.3, -0.25) is 0 Å². The molecule has 0 aliphatic heterocycles. The van der Waals surface area contributed by atoms with E-state index in [1.165, 1.54) is 6.07 Å². The van der Waals surface area contributed by atoms with Crippen molar-refractivity contribution in [2.45, 2.75) is 6.92 Å². The van der Waals surface area contributed by atoms with Gasteiger partial charge < -0.3 is 0 Å². The fourth-order valence-electron chi connectivity index (χ4n) is 0.551. The summed E-state index contributed by atoms with van der Waals surface area (Å²) in [6, 6.07) is 6.70. The predicted molar refractivity (Wildman–Crippen MR) is 51.4 cm³/mol. The van der Waals surface area contributed by atoms with E-state index in [2.05, 4.69) is 0 Å². The maximum absolute atomic E-state index is 12.3. The maximum atomic E-state index is 12.3. The lowest BCUT2D eigenvalue weighted by Crippen LogP contribution is -1.76. The monoisotopic (exact) mass is 210 g/mol. The van der Waals surface area contributed by atoms with Gasteiger partial charge in [0.15, 0.2) is 0 Å². The Labute approximate surface area is 77.6 Å². The van der Waals surface area contributed by atoms with E-state index in [0.29, 0.717) is 5.56 Å². The molecule has 0 saturated heterocycles. The van der Waals surface area contributed by atoms with Crippen molar-refractivity contribution in [2.24, 2.45) is 0 Å². The van der Waals surface area contributed by atoms with Gasteiger partial charge in [0.05, 0.1) is 0 Å². The van der Waals surface area contributed by atoms with Gasteiger partial charge in [-0.1, -0.05) is 18.2 Å². The van der Waals surface area contributed by atoms with Gasteiger partial charge in [-0.25, -0.2) is 4.39 Å². The molecule has 0 nitrogen and oxygen atoms in total. The van der Waals surface area contributed by atoms with Crippen molar-refractivity contribution in [1.82, 2.24) is 0 Å². The van der Waals surface area contributed by atoms with Crippen molar-refractivity contribution in [3.8, 4) is 0 Å². The summed E-state index contributed by atoms with van der Waals surface area (Å²) in [5.41, 5.74) is 0.701. The van der Waals surface area contributed by atoms with Gasteiger partial charge in [-0.2, -0.15) is 22.2 Å². The van der Waals surface area contributed by atoms with Crippen LogP contribution in [0.15, 0.2) is 24.3 Å². The molecular formula is C7H9Cl2FSi. The largest absolute Gasteiger partial charge is 0.222 e. The zero-order valence-electron chi connectivity index (χ0n) is 6.15. The standard InChI is InChI=1S/C7H7F.Cl2H2Si/c1-6-4-2-3-5-7(6)8;1-3-2/h2-5H,1H3;3H2. The minimum atomic E-state index is -0.639. The van der Waals surface area contributed by atoms with Crippen LogP contribution in [0.5, 0.6) is 0 Å². The molecule has 0 aromatic heterocycles. The normalized spacial score (nSPS) is 8.36. The van der Waals surface area contributed by atoms with Crippen LogP contribution in [-0.2, 0) is 0 Å². The molecule has 11 heavy (non-hydrogen) atoms. The third-order valence-corrected chi connectivity index (χ3v) is 1.08. The number of aryl methyl sites for hydroxylation is 1. The molecule has 0 aliphatic carbocycles. The molecule has 0 radical (unpaired) electrons. The van der Waals surface area contributed by atoms with E-state index in [-0.39, 0.29) is 5.82 Å². The van der Waals surface area contributed by atoms with Crippen LogP contribution in [0.2, 0.25) is 0 Å². The van der Waals surface area contributed by atoms with Gasteiger partial charge in [-0.05, 0) is 18.6 Å². The topological polar surface area (TPSA) is 0 Å². The second-order valence-electron chi connectivity index (χ2n) is 1.85. The first kappa shape index (κ1) is 10.9. The molecule has 0 bridgehead atoms. The number of benzene rings is 1. The van der Waals surface area contributed by atoms with E-state index in [1.54, 1.807) is 19.1 Å². The Hall–Kier alpha value is -0.0531. The lowest BCUT2D eigenvalue weighted by atomic mass is 10.2. The molecule has 0 heterocycles. The van der Waals surface area contributed by atoms with E-state index in [0.717, 1.165) is 0 Å².